The minimum Gasteiger partial charge on any atom is -0.356 e. The molecule has 0 radical (unpaired) electrons. The van der Waals surface area contributed by atoms with Gasteiger partial charge in [0.2, 0.25) is 17.7 Å². The normalized spacial score (nSPS) is 15.3. The summed E-state index contributed by atoms with van der Waals surface area (Å²) < 4.78 is 0. The van der Waals surface area contributed by atoms with Gasteiger partial charge in [0.25, 0.3) is 5.69 Å². The molecule has 3 amide bonds. The van der Waals surface area contributed by atoms with Crippen LogP contribution >= 0.6 is 23.2 Å². The van der Waals surface area contributed by atoms with E-state index >= 15 is 0 Å². The first kappa shape index (κ1) is 29.0. The molecule has 0 aliphatic carbocycles. The number of non-ortho nitro benzene ring substituents is 1. The summed E-state index contributed by atoms with van der Waals surface area (Å²) >= 11 is 12.3. The molecule has 10 nitrogen and oxygen atoms in total. The van der Waals surface area contributed by atoms with Crippen molar-refractivity contribution in [2.24, 2.45) is 0 Å². The van der Waals surface area contributed by atoms with E-state index in [1.807, 2.05) is 0 Å². The Hall–Kier alpha value is -4.02. The number of nitro benzene ring substituents is 1. The Labute approximate surface area is 241 Å². The molecule has 4 rings (SSSR count). The first-order valence-electron chi connectivity index (χ1n) is 12.6. The second kappa shape index (κ2) is 13.4. The molecule has 1 aromatic heterocycles. The van der Waals surface area contributed by atoms with Gasteiger partial charge in [-0.2, -0.15) is 0 Å². The van der Waals surface area contributed by atoms with Crippen molar-refractivity contribution in [2.75, 3.05) is 19.6 Å². The van der Waals surface area contributed by atoms with E-state index in [-0.39, 0.29) is 56.0 Å². The minimum absolute atomic E-state index is 0.00885. The summed E-state index contributed by atoms with van der Waals surface area (Å²) in [5.41, 5.74) is 2.40. The predicted molar refractivity (Wildman–Crippen MR) is 150 cm³/mol. The third-order valence-corrected chi connectivity index (χ3v) is 7.24. The van der Waals surface area contributed by atoms with Gasteiger partial charge < -0.3 is 15.1 Å². The molecular formula is C28H27Cl2N5O5. The average Bonchev–Trinajstić information content (AvgIpc) is 2.93. The quantitative estimate of drug-likeness (QED) is 0.270. The van der Waals surface area contributed by atoms with Crippen molar-refractivity contribution in [2.45, 2.75) is 31.8 Å². The molecule has 3 aromatic rings. The predicted octanol–water partition coefficient (Wildman–Crippen LogP) is 3.83. The molecule has 1 atom stereocenters. The van der Waals surface area contributed by atoms with Gasteiger partial charge in [0.15, 0.2) is 0 Å². The fraction of sp³-hybridized carbons (Fsp3) is 0.286. The lowest BCUT2D eigenvalue weighted by atomic mass is 10.0. The van der Waals surface area contributed by atoms with Crippen LogP contribution in [0.15, 0.2) is 67.0 Å². The number of pyridine rings is 1. The molecule has 2 heterocycles. The van der Waals surface area contributed by atoms with Crippen LogP contribution in [0.25, 0.3) is 0 Å². The van der Waals surface area contributed by atoms with Crippen molar-refractivity contribution in [1.29, 1.82) is 0 Å². The number of aromatic nitrogens is 1. The Morgan fingerprint density at radius 1 is 1.02 bits per heavy atom. The van der Waals surface area contributed by atoms with Crippen molar-refractivity contribution in [1.82, 2.24) is 20.1 Å². The van der Waals surface area contributed by atoms with E-state index in [9.17, 15) is 24.5 Å². The van der Waals surface area contributed by atoms with E-state index in [4.69, 9.17) is 23.2 Å². The molecule has 1 N–H and O–H groups in total. The van der Waals surface area contributed by atoms with Crippen molar-refractivity contribution in [3.63, 3.8) is 0 Å². The Morgan fingerprint density at radius 3 is 2.42 bits per heavy atom. The number of hydrogen-bond donors (Lipinski definition) is 1. The maximum atomic E-state index is 13.6. The number of carbonyl (C=O) groups is 3. The van der Waals surface area contributed by atoms with Crippen molar-refractivity contribution in [3.05, 3.63) is 104 Å². The van der Waals surface area contributed by atoms with Crippen LogP contribution in [0.5, 0.6) is 0 Å². The second-order valence-electron chi connectivity index (χ2n) is 9.37. The average molecular weight is 584 g/mol. The highest BCUT2D eigenvalue weighted by molar-refractivity contribution is 6.35. The van der Waals surface area contributed by atoms with Crippen LogP contribution < -0.4 is 5.32 Å². The number of nitrogens with one attached hydrogen (secondary N) is 1. The highest BCUT2D eigenvalue weighted by atomic mass is 35.5. The molecule has 1 fully saturated rings. The van der Waals surface area contributed by atoms with Crippen LogP contribution in [-0.2, 0) is 33.8 Å². The monoisotopic (exact) mass is 583 g/mol. The van der Waals surface area contributed by atoms with Gasteiger partial charge in [-0.25, -0.2) is 0 Å². The van der Waals surface area contributed by atoms with Crippen LogP contribution in [0.4, 0.5) is 5.69 Å². The van der Waals surface area contributed by atoms with Crippen LogP contribution in [0, 0.1) is 10.1 Å². The summed E-state index contributed by atoms with van der Waals surface area (Å²) in [7, 11) is 0. The summed E-state index contributed by atoms with van der Waals surface area (Å²) in [6.45, 7) is 0.597. The van der Waals surface area contributed by atoms with Crippen molar-refractivity contribution >= 4 is 46.6 Å². The summed E-state index contributed by atoms with van der Waals surface area (Å²) in [6, 6.07) is 13.7. The lowest BCUT2D eigenvalue weighted by molar-refractivity contribution is -0.384. The molecule has 2 aromatic carbocycles. The van der Waals surface area contributed by atoms with E-state index in [1.54, 1.807) is 54.9 Å². The number of amides is 3. The zero-order valence-corrected chi connectivity index (χ0v) is 23.0. The molecule has 40 heavy (non-hydrogen) atoms. The SMILES string of the molecule is O=C(CC1C(=O)N(CCc2ccc(Cl)cc2Cl)CC(=O)N1Cc1ccncc1)NCCc1ccc([N+](=O)[O-])cc1. The van der Waals surface area contributed by atoms with E-state index in [1.165, 1.54) is 21.9 Å². The largest absolute Gasteiger partial charge is 0.356 e. The van der Waals surface area contributed by atoms with Gasteiger partial charge in [0, 0.05) is 54.2 Å². The molecule has 0 spiro atoms. The molecule has 1 aliphatic rings. The Bertz CT molecular complexity index is 1390. The van der Waals surface area contributed by atoms with Gasteiger partial charge in [-0.15, -0.1) is 0 Å². The zero-order chi connectivity index (χ0) is 28.6. The fourth-order valence-corrected chi connectivity index (χ4v) is 4.98. The molecular weight excluding hydrogens is 557 g/mol. The summed E-state index contributed by atoms with van der Waals surface area (Å²) in [4.78, 5) is 57.0. The van der Waals surface area contributed by atoms with E-state index in [0.717, 1.165) is 16.7 Å². The van der Waals surface area contributed by atoms with Crippen LogP contribution in [0.2, 0.25) is 10.0 Å². The Balaban J connectivity index is 1.42. The molecule has 208 valence electrons. The number of nitro groups is 1. The molecule has 0 bridgehead atoms. The molecule has 12 heteroatoms. The number of hydrogen-bond acceptors (Lipinski definition) is 6. The van der Waals surface area contributed by atoms with Gasteiger partial charge >= 0.3 is 0 Å². The lowest BCUT2D eigenvalue weighted by Crippen LogP contribution is -2.60. The van der Waals surface area contributed by atoms with E-state index in [0.29, 0.717) is 22.9 Å². The number of benzene rings is 2. The first-order valence-corrected chi connectivity index (χ1v) is 13.4. The fourth-order valence-electron chi connectivity index (χ4n) is 4.48. The van der Waals surface area contributed by atoms with E-state index in [2.05, 4.69) is 10.3 Å². The number of rotatable bonds is 11. The standard InChI is InChI=1S/C28H27Cl2N5O5/c29-22-4-3-21(24(30)15-22)10-14-33-18-27(37)34(17-20-7-11-31-12-8-20)25(28(33)38)16-26(36)32-13-9-19-1-5-23(6-2-19)35(39)40/h1-8,11-12,15,25H,9-10,13-14,16-18H2,(H,32,36). The molecule has 1 aliphatic heterocycles. The van der Waals surface area contributed by atoms with Crippen LogP contribution in [0.3, 0.4) is 0 Å². The zero-order valence-electron chi connectivity index (χ0n) is 21.5. The van der Waals surface area contributed by atoms with Gasteiger partial charge in [-0.05, 0) is 53.8 Å². The lowest BCUT2D eigenvalue weighted by Gasteiger charge is -2.40. The van der Waals surface area contributed by atoms with Crippen LogP contribution in [-0.4, -0.2) is 63.1 Å². The second-order valence-corrected chi connectivity index (χ2v) is 10.2. The third-order valence-electron chi connectivity index (χ3n) is 6.65. The molecule has 1 unspecified atom stereocenters. The number of halogens is 2. The Morgan fingerprint density at radius 2 is 1.75 bits per heavy atom. The number of nitrogens with zero attached hydrogens (tertiary/aromatic N) is 4. The Kier molecular flexibility index (Phi) is 9.68. The maximum absolute atomic E-state index is 13.6. The smallest absolute Gasteiger partial charge is 0.269 e. The number of piperazine rings is 1. The maximum Gasteiger partial charge on any atom is 0.269 e. The minimum atomic E-state index is -0.977. The van der Waals surface area contributed by atoms with Gasteiger partial charge in [-0.1, -0.05) is 41.4 Å². The molecule has 0 saturated carbocycles. The third kappa shape index (κ3) is 7.55. The van der Waals surface area contributed by atoms with Crippen molar-refractivity contribution < 1.29 is 19.3 Å². The highest BCUT2D eigenvalue weighted by Crippen LogP contribution is 2.23. The topological polar surface area (TPSA) is 126 Å². The highest BCUT2D eigenvalue weighted by Gasteiger charge is 2.40. The molecule has 1 saturated heterocycles. The number of carbonyl (C=O) groups excluding carboxylic acids is 3. The summed E-state index contributed by atoms with van der Waals surface area (Å²) in [5.74, 6) is -0.957. The van der Waals surface area contributed by atoms with Gasteiger partial charge in [0.1, 0.15) is 6.04 Å². The first-order chi connectivity index (χ1) is 19.2. The van der Waals surface area contributed by atoms with Gasteiger partial charge in [-0.3, -0.25) is 29.5 Å². The van der Waals surface area contributed by atoms with E-state index < -0.39 is 11.0 Å². The van der Waals surface area contributed by atoms with Crippen LogP contribution in [0.1, 0.15) is 23.1 Å². The summed E-state index contributed by atoms with van der Waals surface area (Å²) in [5, 5.41) is 14.6. The van der Waals surface area contributed by atoms with Gasteiger partial charge in [0.05, 0.1) is 17.9 Å². The summed E-state index contributed by atoms with van der Waals surface area (Å²) in [6.07, 6.45) is 3.89. The van der Waals surface area contributed by atoms with Crippen molar-refractivity contribution in [3.8, 4) is 0 Å².